The van der Waals surface area contributed by atoms with E-state index >= 15 is 0 Å². The molecule has 412 valence electrons. The molecule has 8 fully saturated rings. The van der Waals surface area contributed by atoms with Crippen LogP contribution in [0.2, 0.25) is 0 Å². The summed E-state index contributed by atoms with van der Waals surface area (Å²) in [4.78, 5) is 13.2. The topological polar surface area (TPSA) is 313 Å². The van der Waals surface area contributed by atoms with Gasteiger partial charge in [-0.25, -0.2) is 0 Å². The summed E-state index contributed by atoms with van der Waals surface area (Å²) in [5, 5.41) is 119. The third kappa shape index (κ3) is 8.87. The fourth-order valence-electron chi connectivity index (χ4n) is 16.0. The van der Waals surface area contributed by atoms with E-state index in [0.29, 0.717) is 25.2 Å². The Kier molecular flexibility index (Phi) is 15.2. The van der Waals surface area contributed by atoms with E-state index < -0.39 is 141 Å². The summed E-state index contributed by atoms with van der Waals surface area (Å²) >= 11 is 0. The van der Waals surface area contributed by atoms with Gasteiger partial charge in [0.25, 0.3) is 0 Å². The minimum Gasteiger partial charge on any atom is -0.481 e. The molecule has 72 heavy (non-hydrogen) atoms. The molecule has 26 atom stereocenters. The highest BCUT2D eigenvalue weighted by atomic mass is 16.8. The lowest BCUT2D eigenvalue weighted by Gasteiger charge is -2.71. The van der Waals surface area contributed by atoms with Crippen LogP contribution in [0.25, 0.3) is 0 Å². The van der Waals surface area contributed by atoms with Gasteiger partial charge in [0.2, 0.25) is 0 Å². The summed E-state index contributed by atoms with van der Waals surface area (Å²) in [5.74, 6) is -0.0524. The van der Waals surface area contributed by atoms with Crippen LogP contribution >= 0.6 is 0 Å². The molecular weight excluding hydrogens is 945 g/mol. The smallest absolute Gasteiger partial charge is 0.310 e. The first-order valence-corrected chi connectivity index (χ1v) is 26.5. The van der Waals surface area contributed by atoms with E-state index in [4.69, 9.17) is 37.9 Å². The van der Waals surface area contributed by atoms with Crippen molar-refractivity contribution < 1.29 is 98.9 Å². The molecule has 0 bridgehead atoms. The molecule has 0 radical (unpaired) electrons. The predicted octanol–water partition coefficient (Wildman–Crippen LogP) is 0.836. The zero-order valence-electron chi connectivity index (χ0n) is 43.1. The number of carbonyl (C=O) groups is 1. The largest absolute Gasteiger partial charge is 0.481 e. The van der Waals surface area contributed by atoms with Crippen molar-refractivity contribution in [3.63, 3.8) is 0 Å². The van der Waals surface area contributed by atoms with Gasteiger partial charge in [-0.05, 0) is 116 Å². The van der Waals surface area contributed by atoms with Crippen molar-refractivity contribution in [1.29, 1.82) is 0 Å². The van der Waals surface area contributed by atoms with Crippen LogP contribution in [0.4, 0.5) is 0 Å². The molecule has 4 heterocycles. The second kappa shape index (κ2) is 19.7. The van der Waals surface area contributed by atoms with Gasteiger partial charge in [-0.2, -0.15) is 0 Å². The van der Waals surface area contributed by atoms with E-state index in [1.807, 2.05) is 0 Å². The highest BCUT2D eigenvalue weighted by Gasteiger charge is 2.70. The number of fused-ring (bicyclic) bond motifs is 7. The zero-order chi connectivity index (χ0) is 52.4. The van der Waals surface area contributed by atoms with E-state index in [9.17, 15) is 61.0 Å². The molecule has 20 heteroatoms. The Morgan fingerprint density at radius 1 is 0.639 bits per heavy atom. The molecule has 0 aromatic heterocycles. The molecule has 0 aromatic rings. The maximum absolute atomic E-state index is 13.2. The Morgan fingerprint density at radius 3 is 1.99 bits per heavy atom. The lowest BCUT2D eigenvalue weighted by Crippen LogP contribution is -2.66. The lowest BCUT2D eigenvalue weighted by molar-refractivity contribution is -0.382. The quantitative estimate of drug-likeness (QED) is 0.107. The Bertz CT molecular complexity index is 1990. The summed E-state index contributed by atoms with van der Waals surface area (Å²) < 4.78 is 47.8. The van der Waals surface area contributed by atoms with Crippen LogP contribution in [0.5, 0.6) is 0 Å². The molecule has 0 aromatic carbocycles. The summed E-state index contributed by atoms with van der Waals surface area (Å²) in [5.41, 5.74) is 0.0683. The molecule has 4 saturated carbocycles. The Morgan fingerprint density at radius 2 is 1.29 bits per heavy atom. The first kappa shape index (κ1) is 55.3. The standard InChI is InChI=1S/C52H84O20/c1-23-32(55)40(71-42-37(60)35(58)28(22-66-42)69-43-38(61)36(59)34(57)27(20-53)68-43)39(62)44(67-23)72-41-33(56)26(54)21-65-45(41)70-31-12-13-49(6)29(48(31,4)5)11-14-51(8)30(49)10-9-24-25-19-47(2,3)15-17-52(25,46(63)64)18-16-50(24,51)7/h9,23,25-45,53-62H,10-22H2,1-8H3,(H,63,64)/t23-,25-,26-,27+,28+,29-,30+,31-,32-,33-,34+,35-,36-,37+,38+,39+,40+,41+,42-,43-,44-,45-,49-,50+,51+,52-/m0/s1. The molecule has 9 aliphatic rings. The molecule has 11 N–H and O–H groups in total. The normalized spacial score (nSPS) is 54.3. The van der Waals surface area contributed by atoms with Crippen molar-refractivity contribution in [2.24, 2.45) is 50.2 Å². The average molecular weight is 1030 g/mol. The second-order valence-corrected chi connectivity index (χ2v) is 25.4. The van der Waals surface area contributed by atoms with Crippen LogP contribution in [-0.2, 0) is 42.7 Å². The number of allylic oxidation sites excluding steroid dienone is 2. The summed E-state index contributed by atoms with van der Waals surface area (Å²) in [7, 11) is 0. The first-order chi connectivity index (χ1) is 33.7. The summed E-state index contributed by atoms with van der Waals surface area (Å²) in [6.45, 7) is 16.4. The minimum absolute atomic E-state index is 0.0208. The van der Waals surface area contributed by atoms with Crippen molar-refractivity contribution in [3.8, 4) is 0 Å². The van der Waals surface area contributed by atoms with Gasteiger partial charge in [0.15, 0.2) is 25.2 Å². The molecule has 0 spiro atoms. The van der Waals surface area contributed by atoms with Gasteiger partial charge in [-0.1, -0.05) is 60.1 Å². The molecule has 9 rings (SSSR count). The highest BCUT2D eigenvalue weighted by Crippen LogP contribution is 2.76. The van der Waals surface area contributed by atoms with Gasteiger partial charge in [-0.15, -0.1) is 0 Å². The van der Waals surface area contributed by atoms with E-state index in [0.717, 1.165) is 44.9 Å². The molecule has 4 saturated heterocycles. The molecule has 0 unspecified atom stereocenters. The van der Waals surface area contributed by atoms with Gasteiger partial charge >= 0.3 is 5.97 Å². The number of ether oxygens (including phenoxy) is 8. The minimum atomic E-state index is -1.86. The van der Waals surface area contributed by atoms with Crippen LogP contribution in [0.1, 0.15) is 120 Å². The molecule has 20 nitrogen and oxygen atoms in total. The fourth-order valence-corrected chi connectivity index (χ4v) is 16.0. The Hall–Kier alpha value is -1.51. The third-order valence-corrected chi connectivity index (χ3v) is 20.7. The number of aliphatic carboxylic acids is 1. The number of carboxylic acid groups (broad SMARTS) is 1. The van der Waals surface area contributed by atoms with Crippen LogP contribution in [0, 0.1) is 50.2 Å². The van der Waals surface area contributed by atoms with Gasteiger partial charge < -0.3 is 94.1 Å². The van der Waals surface area contributed by atoms with Gasteiger partial charge in [0, 0.05) is 0 Å². The molecule has 5 aliphatic carbocycles. The molecule has 0 amide bonds. The van der Waals surface area contributed by atoms with Crippen molar-refractivity contribution >= 4 is 5.97 Å². The monoisotopic (exact) mass is 1030 g/mol. The molecule has 4 aliphatic heterocycles. The first-order valence-electron chi connectivity index (χ1n) is 26.5. The number of carboxylic acids is 1. The van der Waals surface area contributed by atoms with Crippen molar-refractivity contribution in [2.45, 2.75) is 236 Å². The number of aliphatic hydroxyl groups excluding tert-OH is 10. The number of hydrogen-bond acceptors (Lipinski definition) is 19. The average Bonchev–Trinajstić information content (AvgIpc) is 3.32. The SMILES string of the molecule is C[C@@H]1O[C@@H](O[C@H]2[C@H](O[C@H]3CC[C@]4(C)[C@H]5CC=C6[C@@H]7CC(C)(C)CC[C@]7(C(=O)O)CC[C@@]6(C)[C@]5(C)CC[C@H]4C3(C)C)OC[C@H](O)[C@@H]2O)[C@H](O)[C@H](O[C@@H]2OC[C@@H](O[C@@H]3O[C@H](CO)[C@@H](O)[C@H](O)[C@H]3O)[C@H](O)[C@H]2O)[C@H]1O. The summed E-state index contributed by atoms with van der Waals surface area (Å²) in [6.07, 6.45) is -17.4. The maximum Gasteiger partial charge on any atom is 0.310 e. The fraction of sp³-hybridized carbons (Fsp3) is 0.942. The van der Waals surface area contributed by atoms with E-state index in [-0.39, 0.29) is 46.2 Å². The maximum atomic E-state index is 13.2. The second-order valence-electron chi connectivity index (χ2n) is 25.4. The van der Waals surface area contributed by atoms with Gasteiger partial charge in [0.1, 0.15) is 79.4 Å². The van der Waals surface area contributed by atoms with Crippen LogP contribution in [0.15, 0.2) is 11.6 Å². The van der Waals surface area contributed by atoms with E-state index in [2.05, 4.69) is 54.5 Å². The van der Waals surface area contributed by atoms with Gasteiger partial charge in [0.05, 0.1) is 37.4 Å². The van der Waals surface area contributed by atoms with Crippen LogP contribution < -0.4 is 0 Å². The van der Waals surface area contributed by atoms with Gasteiger partial charge in [-0.3, -0.25) is 4.79 Å². The van der Waals surface area contributed by atoms with Crippen molar-refractivity contribution in [2.75, 3.05) is 19.8 Å². The Labute approximate surface area is 421 Å². The predicted molar refractivity (Wildman–Crippen MR) is 250 cm³/mol. The zero-order valence-corrected chi connectivity index (χ0v) is 43.1. The lowest BCUT2D eigenvalue weighted by atomic mass is 9.33. The number of rotatable bonds is 10. The summed E-state index contributed by atoms with van der Waals surface area (Å²) in [6, 6.07) is 0. The molecular formula is C52H84O20. The highest BCUT2D eigenvalue weighted by molar-refractivity contribution is 5.76. The van der Waals surface area contributed by atoms with Crippen molar-refractivity contribution in [3.05, 3.63) is 11.6 Å². The van der Waals surface area contributed by atoms with Crippen LogP contribution in [0.3, 0.4) is 0 Å². The van der Waals surface area contributed by atoms with Crippen molar-refractivity contribution in [1.82, 2.24) is 0 Å². The van der Waals surface area contributed by atoms with E-state index in [1.54, 1.807) is 0 Å². The third-order valence-electron chi connectivity index (χ3n) is 20.7. The Balaban J connectivity index is 0.874. The number of hydrogen-bond donors (Lipinski definition) is 11. The van der Waals surface area contributed by atoms with Crippen LogP contribution in [-0.4, -0.2) is 199 Å². The number of aliphatic hydroxyl groups is 10. The van der Waals surface area contributed by atoms with E-state index in [1.165, 1.54) is 12.5 Å².